The first-order chi connectivity index (χ1) is 8.90. The van der Waals surface area contributed by atoms with Gasteiger partial charge in [-0.05, 0) is 37.6 Å². The van der Waals surface area contributed by atoms with E-state index < -0.39 is 17.9 Å². The molecule has 1 aromatic rings. The summed E-state index contributed by atoms with van der Waals surface area (Å²) in [7, 11) is 0. The fraction of sp³-hybridized carbons (Fsp3) is 0.308. The van der Waals surface area contributed by atoms with Gasteiger partial charge in [-0.3, -0.25) is 9.59 Å². The highest BCUT2D eigenvalue weighted by Crippen LogP contribution is 2.10. The number of hydrogen-bond donors (Lipinski definition) is 2. The van der Waals surface area contributed by atoms with Gasteiger partial charge in [0.15, 0.2) is 0 Å². The Balaban J connectivity index is 2.68. The second kappa shape index (κ2) is 6.89. The van der Waals surface area contributed by atoms with Gasteiger partial charge < -0.3 is 15.8 Å². The van der Waals surface area contributed by atoms with Crippen LogP contribution in [0.2, 0.25) is 5.02 Å². The van der Waals surface area contributed by atoms with Gasteiger partial charge in [-0.15, -0.1) is 0 Å². The van der Waals surface area contributed by atoms with Crippen molar-refractivity contribution in [1.29, 1.82) is 0 Å². The van der Waals surface area contributed by atoms with E-state index in [9.17, 15) is 14.4 Å². The van der Waals surface area contributed by atoms with Crippen LogP contribution in [0.15, 0.2) is 24.3 Å². The lowest BCUT2D eigenvalue weighted by atomic mass is 10.1. The molecular weight excluding hydrogens is 268 g/mol. The molecule has 0 aliphatic heterocycles. The van der Waals surface area contributed by atoms with E-state index in [-0.39, 0.29) is 18.6 Å². The Morgan fingerprint density at radius 1 is 1.26 bits per heavy atom. The minimum absolute atomic E-state index is 0.0630. The summed E-state index contributed by atoms with van der Waals surface area (Å²) in [6.45, 7) is 1.42. The fourth-order valence-electron chi connectivity index (χ4n) is 1.48. The zero-order chi connectivity index (χ0) is 14.4. The largest absolute Gasteiger partial charge is 0.368 e. The van der Waals surface area contributed by atoms with E-state index in [1.54, 1.807) is 24.3 Å². The number of carbonyl (C=O) groups is 3. The van der Waals surface area contributed by atoms with Crippen LogP contribution >= 0.6 is 11.6 Å². The van der Waals surface area contributed by atoms with Crippen molar-refractivity contribution in [1.82, 2.24) is 5.32 Å². The van der Waals surface area contributed by atoms with E-state index in [2.05, 4.69) is 5.32 Å². The Morgan fingerprint density at radius 2 is 1.84 bits per heavy atom. The molecule has 0 aliphatic carbocycles. The zero-order valence-electron chi connectivity index (χ0n) is 10.5. The molecule has 3 N–H and O–H groups in total. The number of amides is 2. The molecule has 2 amide bonds. The summed E-state index contributed by atoms with van der Waals surface area (Å²) in [5, 5.41) is 3.01. The second-order valence-electron chi connectivity index (χ2n) is 4.18. The molecule has 19 heavy (non-hydrogen) atoms. The number of halogens is 1. The molecule has 1 aromatic carbocycles. The minimum Gasteiger partial charge on any atom is -0.368 e. The summed E-state index contributed by atoms with van der Waals surface area (Å²) in [5.74, 6) is -1.15. The first-order valence-corrected chi connectivity index (χ1v) is 6.13. The first kappa shape index (κ1) is 15.2. The van der Waals surface area contributed by atoms with Crippen molar-refractivity contribution in [3.63, 3.8) is 0 Å². The molecule has 0 fully saturated rings. The lowest BCUT2D eigenvalue weighted by Crippen LogP contribution is -2.44. The van der Waals surface area contributed by atoms with Crippen LogP contribution in [-0.2, 0) is 9.59 Å². The van der Waals surface area contributed by atoms with Gasteiger partial charge in [0.1, 0.15) is 11.8 Å². The zero-order valence-corrected chi connectivity index (χ0v) is 11.2. The maximum atomic E-state index is 11.9. The van der Waals surface area contributed by atoms with Crippen LogP contribution in [0.25, 0.3) is 0 Å². The van der Waals surface area contributed by atoms with E-state index in [4.69, 9.17) is 17.3 Å². The molecule has 0 spiro atoms. The third kappa shape index (κ3) is 5.09. The van der Waals surface area contributed by atoms with Gasteiger partial charge in [-0.25, -0.2) is 0 Å². The molecule has 0 aromatic heterocycles. The molecule has 0 aliphatic rings. The van der Waals surface area contributed by atoms with Crippen molar-refractivity contribution in [2.75, 3.05) is 0 Å². The Morgan fingerprint density at radius 3 is 2.32 bits per heavy atom. The van der Waals surface area contributed by atoms with Crippen molar-refractivity contribution >= 4 is 29.2 Å². The summed E-state index contributed by atoms with van der Waals surface area (Å²) in [4.78, 5) is 34.0. The molecule has 0 bridgehead atoms. The Labute approximate surface area is 116 Å². The maximum Gasteiger partial charge on any atom is 0.251 e. The van der Waals surface area contributed by atoms with Gasteiger partial charge in [-0.1, -0.05) is 11.6 Å². The van der Waals surface area contributed by atoms with Crippen LogP contribution in [0.4, 0.5) is 0 Å². The third-order valence-electron chi connectivity index (χ3n) is 2.54. The van der Waals surface area contributed by atoms with E-state index >= 15 is 0 Å². The molecule has 5 nitrogen and oxygen atoms in total. The van der Waals surface area contributed by atoms with Crippen molar-refractivity contribution in [2.24, 2.45) is 5.73 Å². The van der Waals surface area contributed by atoms with E-state index in [1.807, 2.05) is 0 Å². The quantitative estimate of drug-likeness (QED) is 0.824. The van der Waals surface area contributed by atoms with Crippen LogP contribution in [0.5, 0.6) is 0 Å². The Bertz CT molecular complexity index is 485. The second-order valence-corrected chi connectivity index (χ2v) is 4.61. The maximum absolute atomic E-state index is 11.9. The highest BCUT2D eigenvalue weighted by Gasteiger charge is 2.19. The molecule has 0 radical (unpaired) electrons. The Hall–Kier alpha value is -1.88. The summed E-state index contributed by atoms with van der Waals surface area (Å²) in [6.07, 6.45) is 0.387. The molecule has 0 unspecified atom stereocenters. The molecular formula is C13H15ClN2O3. The van der Waals surface area contributed by atoms with Crippen LogP contribution < -0.4 is 11.1 Å². The molecule has 0 saturated heterocycles. The van der Waals surface area contributed by atoms with E-state index in [0.717, 1.165) is 0 Å². The van der Waals surface area contributed by atoms with Crippen molar-refractivity contribution < 1.29 is 14.4 Å². The summed E-state index contributed by atoms with van der Waals surface area (Å²) < 4.78 is 0. The summed E-state index contributed by atoms with van der Waals surface area (Å²) >= 11 is 5.71. The topological polar surface area (TPSA) is 89.3 Å². The lowest BCUT2D eigenvalue weighted by Gasteiger charge is -2.14. The predicted octanol–water partition coefficient (Wildman–Crippen LogP) is 1.29. The molecule has 1 atom stereocenters. The number of nitrogens with one attached hydrogen (secondary N) is 1. The highest BCUT2D eigenvalue weighted by atomic mass is 35.5. The van der Waals surface area contributed by atoms with Crippen LogP contribution in [0.3, 0.4) is 0 Å². The standard InChI is InChI=1S/C13H15ClN2O3/c1-8(17)2-7-11(12(15)18)16-13(19)9-3-5-10(14)6-4-9/h3-6,11H,2,7H2,1H3,(H2,15,18)(H,16,19)/t11-/m0/s1. The van der Waals surface area contributed by atoms with Crippen molar-refractivity contribution in [2.45, 2.75) is 25.8 Å². The number of rotatable bonds is 6. The van der Waals surface area contributed by atoms with Crippen LogP contribution in [-0.4, -0.2) is 23.6 Å². The smallest absolute Gasteiger partial charge is 0.251 e. The Kier molecular flexibility index (Phi) is 5.51. The van der Waals surface area contributed by atoms with Gasteiger partial charge in [-0.2, -0.15) is 0 Å². The van der Waals surface area contributed by atoms with Gasteiger partial charge in [0, 0.05) is 17.0 Å². The molecule has 0 saturated carbocycles. The van der Waals surface area contributed by atoms with Crippen LogP contribution in [0, 0.1) is 0 Å². The number of nitrogens with two attached hydrogens (primary N) is 1. The normalized spacial score (nSPS) is 11.7. The highest BCUT2D eigenvalue weighted by molar-refractivity contribution is 6.30. The van der Waals surface area contributed by atoms with Gasteiger partial charge >= 0.3 is 0 Å². The molecule has 6 heteroatoms. The SMILES string of the molecule is CC(=O)CC[C@H](NC(=O)c1ccc(Cl)cc1)C(N)=O. The van der Waals surface area contributed by atoms with Gasteiger partial charge in [0.25, 0.3) is 5.91 Å². The molecule has 102 valence electrons. The first-order valence-electron chi connectivity index (χ1n) is 5.75. The predicted molar refractivity (Wildman–Crippen MR) is 71.8 cm³/mol. The minimum atomic E-state index is -0.855. The number of Topliss-reactive ketones (excluding diaryl/α,β-unsaturated/α-hetero) is 1. The van der Waals surface area contributed by atoms with E-state index in [1.165, 1.54) is 6.92 Å². The number of carbonyl (C=O) groups excluding carboxylic acids is 3. The van der Waals surface area contributed by atoms with Gasteiger partial charge in [0.05, 0.1) is 0 Å². The summed E-state index contributed by atoms with van der Waals surface area (Å²) in [5.41, 5.74) is 5.56. The molecule has 1 rings (SSSR count). The average Bonchev–Trinajstić information content (AvgIpc) is 2.34. The number of hydrogen-bond acceptors (Lipinski definition) is 3. The summed E-state index contributed by atoms with van der Waals surface area (Å²) in [6, 6.07) is 5.38. The number of ketones is 1. The van der Waals surface area contributed by atoms with Crippen LogP contribution in [0.1, 0.15) is 30.1 Å². The fourth-order valence-corrected chi connectivity index (χ4v) is 1.60. The van der Waals surface area contributed by atoms with Crippen molar-refractivity contribution in [3.05, 3.63) is 34.9 Å². The number of benzene rings is 1. The monoisotopic (exact) mass is 282 g/mol. The van der Waals surface area contributed by atoms with E-state index in [0.29, 0.717) is 10.6 Å². The number of primary amides is 1. The van der Waals surface area contributed by atoms with Crippen molar-refractivity contribution in [3.8, 4) is 0 Å². The lowest BCUT2D eigenvalue weighted by molar-refractivity contribution is -0.120. The third-order valence-corrected chi connectivity index (χ3v) is 2.79. The van der Waals surface area contributed by atoms with Gasteiger partial charge in [0.2, 0.25) is 5.91 Å². The molecule has 0 heterocycles. The average molecular weight is 283 g/mol.